The van der Waals surface area contributed by atoms with Gasteiger partial charge in [-0.1, -0.05) is 70.1 Å². The van der Waals surface area contributed by atoms with Crippen molar-refractivity contribution in [3.63, 3.8) is 0 Å². The lowest BCUT2D eigenvalue weighted by Crippen LogP contribution is -2.66. The zero-order valence-corrected chi connectivity index (χ0v) is 34.4. The van der Waals surface area contributed by atoms with Crippen molar-refractivity contribution in [2.24, 2.45) is 50.2 Å². The summed E-state index contributed by atoms with van der Waals surface area (Å²) in [5.41, 5.74) is 0.588. The van der Waals surface area contributed by atoms with E-state index in [0.29, 0.717) is 23.2 Å². The Hall–Kier alpha value is -2.78. The van der Waals surface area contributed by atoms with Crippen molar-refractivity contribution in [1.82, 2.24) is 4.98 Å². The molecule has 0 bridgehead atoms. The Morgan fingerprint density at radius 1 is 0.962 bits per heavy atom. The Kier molecular flexibility index (Phi) is 9.56. The molecular formula is C43H57ClN2O6S. The van der Waals surface area contributed by atoms with Gasteiger partial charge in [0, 0.05) is 22.8 Å². The molecule has 1 aromatic carbocycles. The highest BCUT2D eigenvalue weighted by Crippen LogP contribution is 2.75. The number of amides is 1. The number of esters is 2. The fourth-order valence-corrected chi connectivity index (χ4v) is 13.6. The summed E-state index contributed by atoms with van der Waals surface area (Å²) in [7, 11) is 0. The lowest BCUT2D eigenvalue weighted by Gasteiger charge is -2.70. The first kappa shape index (κ1) is 38.5. The fraction of sp³-hybridized carbons (Fsp3) is 0.698. The maximum atomic E-state index is 14.8. The van der Waals surface area contributed by atoms with Gasteiger partial charge in [0.25, 0.3) is 0 Å². The molecule has 1 aromatic heterocycles. The Labute approximate surface area is 323 Å². The average Bonchev–Trinajstić information content (AvgIpc) is 3.48. The zero-order valence-electron chi connectivity index (χ0n) is 32.8. The van der Waals surface area contributed by atoms with Gasteiger partial charge in [-0.05, 0) is 129 Å². The number of anilines is 1. The van der Waals surface area contributed by atoms with Crippen molar-refractivity contribution in [3.8, 4) is 0 Å². The van der Waals surface area contributed by atoms with Crippen LogP contribution in [0.2, 0.25) is 5.02 Å². The molecule has 7 rings (SSSR count). The van der Waals surface area contributed by atoms with Gasteiger partial charge in [-0.3, -0.25) is 19.2 Å². The Morgan fingerprint density at radius 3 is 2.43 bits per heavy atom. The van der Waals surface area contributed by atoms with Gasteiger partial charge >= 0.3 is 11.9 Å². The van der Waals surface area contributed by atoms with Crippen LogP contribution in [0.25, 0.3) is 10.2 Å². The summed E-state index contributed by atoms with van der Waals surface area (Å²) in [6, 6.07) is 5.39. The number of hydrogen-bond donors (Lipinski definition) is 1. The van der Waals surface area contributed by atoms with E-state index < -0.39 is 5.41 Å². The second-order valence-electron chi connectivity index (χ2n) is 19.0. The number of hydrogen-bond acceptors (Lipinski definition) is 8. The summed E-state index contributed by atoms with van der Waals surface area (Å²) in [5.74, 6) is -0.294. The molecule has 4 fully saturated rings. The first-order valence-corrected chi connectivity index (χ1v) is 21.0. The molecule has 5 aliphatic rings. The summed E-state index contributed by atoms with van der Waals surface area (Å²) >= 11 is 7.44. The maximum absolute atomic E-state index is 14.8. The summed E-state index contributed by atoms with van der Waals surface area (Å²) in [5, 5.41) is 3.90. The number of ketones is 1. The van der Waals surface area contributed by atoms with Crippen LogP contribution in [0.3, 0.4) is 0 Å². The number of ether oxygens (including phenoxy) is 2. The Bertz CT molecular complexity index is 1890. The van der Waals surface area contributed by atoms with E-state index in [1.807, 2.05) is 25.1 Å². The van der Waals surface area contributed by atoms with Gasteiger partial charge in [0.15, 0.2) is 10.9 Å². The number of nitrogens with one attached hydrogen (secondary N) is 1. The molecule has 53 heavy (non-hydrogen) atoms. The molecule has 0 radical (unpaired) electrons. The molecule has 2 aromatic rings. The van der Waals surface area contributed by atoms with E-state index in [1.165, 1.54) is 16.9 Å². The molecule has 0 saturated heterocycles. The van der Waals surface area contributed by atoms with Crippen molar-refractivity contribution in [1.29, 1.82) is 0 Å². The number of halogens is 1. The molecule has 1 N–H and O–H groups in total. The minimum Gasteiger partial charge on any atom is -0.466 e. The number of thiazole rings is 1. The predicted octanol–water partition coefficient (Wildman–Crippen LogP) is 10.1. The third kappa shape index (κ3) is 6.09. The average molecular weight is 765 g/mol. The molecular weight excluding hydrogens is 708 g/mol. The highest BCUT2D eigenvalue weighted by Gasteiger charge is 2.70. The van der Waals surface area contributed by atoms with Crippen LogP contribution >= 0.6 is 22.9 Å². The van der Waals surface area contributed by atoms with Crippen molar-refractivity contribution in [3.05, 3.63) is 34.9 Å². The monoisotopic (exact) mass is 764 g/mol. The number of carbonyl (C=O) groups excluding carboxylic acids is 4. The number of rotatable bonds is 7. The van der Waals surface area contributed by atoms with Crippen LogP contribution in [0, 0.1) is 50.2 Å². The molecule has 0 aliphatic heterocycles. The number of aromatic nitrogens is 1. The molecule has 1 amide bonds. The molecule has 10 heteroatoms. The Balaban J connectivity index is 1.06. The highest BCUT2D eigenvalue weighted by atomic mass is 35.5. The third-order valence-corrected chi connectivity index (χ3v) is 16.9. The first-order chi connectivity index (χ1) is 24.8. The number of benzene rings is 1. The van der Waals surface area contributed by atoms with Crippen molar-refractivity contribution < 1.29 is 28.7 Å². The number of allylic oxidation sites excluding steroid dienone is 2. The molecule has 1 heterocycles. The van der Waals surface area contributed by atoms with Crippen molar-refractivity contribution in [2.75, 3.05) is 11.9 Å². The molecule has 0 unspecified atom stereocenters. The van der Waals surface area contributed by atoms with Gasteiger partial charge in [0.1, 0.15) is 6.10 Å². The SMILES string of the molecule is CCOC(=O)[C@@]1(C)CC[C@]2(C)CC[C@]3(C)C(=CC(=O)[C@@H]4[C@@]5(C)CC[C@H](OC(=O)CCC(=O)Nc6nc7ccc(Cl)cc7s6)C(C)(C)[C@@H]5CC[C@]43C)[C@@H]2C1. The van der Waals surface area contributed by atoms with Gasteiger partial charge < -0.3 is 14.8 Å². The van der Waals surface area contributed by atoms with Gasteiger partial charge in [-0.15, -0.1) is 0 Å². The first-order valence-electron chi connectivity index (χ1n) is 19.8. The van der Waals surface area contributed by atoms with Crippen LogP contribution in [-0.4, -0.2) is 41.3 Å². The van der Waals surface area contributed by atoms with Crippen LogP contribution in [0.1, 0.15) is 126 Å². The van der Waals surface area contributed by atoms with E-state index in [4.69, 9.17) is 21.1 Å². The van der Waals surface area contributed by atoms with Crippen LogP contribution in [0.4, 0.5) is 5.13 Å². The maximum Gasteiger partial charge on any atom is 0.311 e. The minimum absolute atomic E-state index is 0.00493. The van der Waals surface area contributed by atoms with Crippen molar-refractivity contribution >= 4 is 61.9 Å². The number of fused-ring (bicyclic) bond motifs is 8. The minimum atomic E-state index is -0.543. The quantitative estimate of drug-likeness (QED) is 0.279. The molecule has 0 spiro atoms. The highest BCUT2D eigenvalue weighted by molar-refractivity contribution is 7.22. The third-order valence-electron chi connectivity index (χ3n) is 15.7. The van der Waals surface area contributed by atoms with Crippen LogP contribution < -0.4 is 5.32 Å². The molecule has 5 aliphatic carbocycles. The lowest BCUT2D eigenvalue weighted by atomic mass is 9.33. The molecule has 9 atom stereocenters. The predicted molar refractivity (Wildman–Crippen MR) is 208 cm³/mol. The van der Waals surface area contributed by atoms with Gasteiger partial charge in [0.05, 0.1) is 28.7 Å². The van der Waals surface area contributed by atoms with Crippen LogP contribution in [0.5, 0.6) is 0 Å². The van der Waals surface area contributed by atoms with Crippen LogP contribution in [-0.2, 0) is 28.7 Å². The topological polar surface area (TPSA) is 112 Å². The largest absolute Gasteiger partial charge is 0.466 e. The number of nitrogens with zero attached hydrogens (tertiary/aromatic N) is 1. The van der Waals surface area contributed by atoms with Gasteiger partial charge in [0.2, 0.25) is 5.91 Å². The number of carbonyl (C=O) groups is 4. The summed E-state index contributed by atoms with van der Waals surface area (Å²) in [4.78, 5) is 58.5. The lowest BCUT2D eigenvalue weighted by molar-refractivity contribution is -0.211. The van der Waals surface area contributed by atoms with E-state index >= 15 is 0 Å². The zero-order chi connectivity index (χ0) is 38.4. The molecule has 288 valence electrons. The van der Waals surface area contributed by atoms with Crippen LogP contribution in [0.15, 0.2) is 29.8 Å². The standard InChI is InChI=1S/C43H57ClN2O6S/c1-9-51-36(50)40(5)19-18-39(4)20-21-42(7)26(27(39)24-40)23-29(47)35-41(6)16-15-32(38(2,3)31(41)14-17-43(35,42)8)52-34(49)13-12-33(48)46-37-45-28-11-10-25(44)22-30(28)53-37/h10-11,22-23,27,31-32,35H,9,12-21,24H2,1-8H3,(H,45,46,48)/t27-,31-,32-,35+,39+,40-,41-,42+,43+/m0/s1. The summed E-state index contributed by atoms with van der Waals surface area (Å²) < 4.78 is 12.7. The molecule has 4 saturated carbocycles. The Morgan fingerprint density at radius 2 is 1.70 bits per heavy atom. The summed E-state index contributed by atoms with van der Waals surface area (Å²) in [6.45, 7) is 18.3. The van der Waals surface area contributed by atoms with E-state index in [9.17, 15) is 19.2 Å². The second-order valence-corrected chi connectivity index (χ2v) is 20.5. The smallest absolute Gasteiger partial charge is 0.311 e. The van der Waals surface area contributed by atoms with Gasteiger partial charge in [-0.2, -0.15) is 0 Å². The van der Waals surface area contributed by atoms with E-state index in [2.05, 4.69) is 58.8 Å². The van der Waals surface area contributed by atoms with E-state index in [1.54, 1.807) is 6.07 Å². The summed E-state index contributed by atoms with van der Waals surface area (Å²) in [6.07, 6.45) is 9.77. The van der Waals surface area contributed by atoms with Gasteiger partial charge in [-0.25, -0.2) is 4.98 Å². The normalized spacial score (nSPS) is 38.7. The fourth-order valence-electron chi connectivity index (χ4n) is 12.4. The van der Waals surface area contributed by atoms with Crippen molar-refractivity contribution in [2.45, 2.75) is 132 Å². The van der Waals surface area contributed by atoms with E-state index in [0.717, 1.165) is 61.6 Å². The molecule has 8 nitrogen and oxygen atoms in total. The van der Waals surface area contributed by atoms with E-state index in [-0.39, 0.29) is 87.4 Å². The second kappa shape index (κ2) is 13.2.